The van der Waals surface area contributed by atoms with E-state index in [9.17, 15) is 14.3 Å². The summed E-state index contributed by atoms with van der Waals surface area (Å²) in [5, 5.41) is 0. The first-order valence-corrected chi connectivity index (χ1v) is 19.1. The van der Waals surface area contributed by atoms with Crippen LogP contribution in [0.2, 0.25) is 0 Å². The van der Waals surface area contributed by atoms with Crippen LogP contribution in [0.3, 0.4) is 0 Å². The molecule has 0 radical (unpaired) electrons. The van der Waals surface area contributed by atoms with Crippen molar-refractivity contribution in [1.82, 2.24) is 0 Å². The molecular formula is C38H66NO7P. The smallest absolute Gasteiger partial charge is 0.306 e. The molecule has 0 aromatic rings. The molecule has 0 aliphatic heterocycles. The normalized spacial score (nSPS) is 14.9. The van der Waals surface area contributed by atoms with Gasteiger partial charge >= 0.3 is 5.97 Å². The highest BCUT2D eigenvalue weighted by molar-refractivity contribution is 7.45. The van der Waals surface area contributed by atoms with Gasteiger partial charge in [0.25, 0.3) is 7.82 Å². The number of phosphoric acid groups is 1. The molecule has 0 fully saturated rings. The monoisotopic (exact) mass is 679 g/mol. The van der Waals surface area contributed by atoms with E-state index in [0.717, 1.165) is 83.5 Å². The van der Waals surface area contributed by atoms with E-state index in [1.165, 1.54) is 0 Å². The highest BCUT2D eigenvalue weighted by Gasteiger charge is 2.20. The Morgan fingerprint density at radius 2 is 1.23 bits per heavy atom. The van der Waals surface area contributed by atoms with E-state index in [-0.39, 0.29) is 32.2 Å². The Kier molecular flexibility index (Phi) is 29.9. The van der Waals surface area contributed by atoms with Crippen molar-refractivity contribution in [3.05, 3.63) is 72.9 Å². The van der Waals surface area contributed by atoms with E-state index < -0.39 is 13.9 Å². The van der Waals surface area contributed by atoms with Gasteiger partial charge < -0.3 is 27.9 Å². The zero-order chi connectivity index (χ0) is 34.9. The van der Waals surface area contributed by atoms with Crippen LogP contribution in [-0.2, 0) is 27.9 Å². The summed E-state index contributed by atoms with van der Waals surface area (Å²) in [4.78, 5) is 24.4. The molecule has 0 amide bonds. The maximum Gasteiger partial charge on any atom is 0.306 e. The zero-order valence-electron chi connectivity index (χ0n) is 30.2. The maximum absolute atomic E-state index is 12.2. The molecule has 0 saturated carbocycles. The first kappa shape index (κ1) is 44.9. The second kappa shape index (κ2) is 31.2. The first-order valence-electron chi connectivity index (χ1n) is 17.7. The van der Waals surface area contributed by atoms with Gasteiger partial charge in [0.05, 0.1) is 34.4 Å². The number of hydrogen-bond acceptors (Lipinski definition) is 7. The number of quaternary nitrogens is 1. The summed E-state index contributed by atoms with van der Waals surface area (Å²) in [5.74, 6) is -0.376. The van der Waals surface area contributed by atoms with E-state index >= 15 is 0 Å². The molecule has 0 aromatic carbocycles. The van der Waals surface area contributed by atoms with E-state index in [1.54, 1.807) is 0 Å². The Balaban J connectivity index is 4.12. The summed E-state index contributed by atoms with van der Waals surface area (Å²) in [7, 11) is 1.31. The highest BCUT2D eigenvalue weighted by atomic mass is 31.2. The molecule has 0 spiro atoms. The molecule has 0 bridgehead atoms. The summed E-state index contributed by atoms with van der Waals surface area (Å²) < 4.78 is 33.9. The van der Waals surface area contributed by atoms with Crippen LogP contribution in [0.15, 0.2) is 72.9 Å². The van der Waals surface area contributed by atoms with Gasteiger partial charge in [-0.05, 0) is 64.2 Å². The van der Waals surface area contributed by atoms with Crippen molar-refractivity contribution in [2.75, 3.05) is 54.1 Å². The number of allylic oxidation sites excluding steroid dienone is 12. The van der Waals surface area contributed by atoms with Crippen molar-refractivity contribution < 1.29 is 37.3 Å². The SMILES string of the molecule is CC/C=C\C/C=C\C/C=C\C/C=C\C/C=C\C/C=C\CCCCCOCC(COP(=O)([O-])OCC[N+](C)(C)C)OC(=O)CCCCC. The second-order valence-electron chi connectivity index (χ2n) is 12.5. The van der Waals surface area contributed by atoms with Gasteiger partial charge in [-0.15, -0.1) is 0 Å². The fourth-order valence-electron chi connectivity index (χ4n) is 4.02. The molecule has 0 aliphatic rings. The summed E-state index contributed by atoms with van der Waals surface area (Å²) in [5.41, 5.74) is 0. The first-order chi connectivity index (χ1) is 22.6. The molecule has 270 valence electrons. The Morgan fingerprint density at radius 1 is 0.681 bits per heavy atom. The van der Waals surface area contributed by atoms with Crippen LogP contribution in [0.1, 0.15) is 104 Å². The molecule has 9 heteroatoms. The summed E-state index contributed by atoms with van der Waals surface area (Å²) in [6.07, 6.45) is 38.5. The predicted octanol–water partition coefficient (Wildman–Crippen LogP) is 8.96. The predicted molar refractivity (Wildman–Crippen MR) is 194 cm³/mol. The number of esters is 1. The van der Waals surface area contributed by atoms with Crippen LogP contribution in [-0.4, -0.2) is 70.7 Å². The van der Waals surface area contributed by atoms with Gasteiger partial charge in [-0.2, -0.15) is 0 Å². The van der Waals surface area contributed by atoms with Crippen molar-refractivity contribution in [3.63, 3.8) is 0 Å². The Bertz CT molecular complexity index is 979. The van der Waals surface area contributed by atoms with Gasteiger partial charge in [0.2, 0.25) is 0 Å². The molecule has 2 unspecified atom stereocenters. The molecule has 0 aromatic heterocycles. The maximum atomic E-state index is 12.2. The molecule has 0 heterocycles. The highest BCUT2D eigenvalue weighted by Crippen LogP contribution is 2.38. The minimum atomic E-state index is -4.51. The van der Waals surface area contributed by atoms with Crippen LogP contribution < -0.4 is 4.89 Å². The molecule has 0 N–H and O–H groups in total. The molecule has 47 heavy (non-hydrogen) atoms. The lowest BCUT2D eigenvalue weighted by Gasteiger charge is -2.28. The number of phosphoric ester groups is 1. The molecule has 8 nitrogen and oxygen atoms in total. The van der Waals surface area contributed by atoms with Gasteiger partial charge in [-0.3, -0.25) is 9.36 Å². The number of likely N-dealkylation sites (N-methyl/N-ethyl adjacent to an activating group) is 1. The van der Waals surface area contributed by atoms with Crippen LogP contribution in [0.5, 0.6) is 0 Å². The van der Waals surface area contributed by atoms with Crippen molar-refractivity contribution >= 4 is 13.8 Å². The lowest BCUT2D eigenvalue weighted by Crippen LogP contribution is -2.37. The number of carbonyl (C=O) groups is 1. The van der Waals surface area contributed by atoms with Gasteiger partial charge in [-0.25, -0.2) is 0 Å². The van der Waals surface area contributed by atoms with Crippen LogP contribution in [0, 0.1) is 0 Å². The van der Waals surface area contributed by atoms with E-state index in [0.29, 0.717) is 17.6 Å². The van der Waals surface area contributed by atoms with Gasteiger partial charge in [0.15, 0.2) is 0 Å². The Morgan fingerprint density at radius 3 is 1.77 bits per heavy atom. The van der Waals surface area contributed by atoms with E-state index in [2.05, 4.69) is 86.8 Å². The van der Waals surface area contributed by atoms with Crippen LogP contribution in [0.4, 0.5) is 0 Å². The second-order valence-corrected chi connectivity index (χ2v) is 13.9. The molecule has 0 rings (SSSR count). The summed E-state index contributed by atoms with van der Waals surface area (Å²) in [6.45, 7) is 4.98. The number of rotatable bonds is 31. The van der Waals surface area contributed by atoms with Crippen LogP contribution in [0.25, 0.3) is 0 Å². The lowest BCUT2D eigenvalue weighted by molar-refractivity contribution is -0.870. The molecule has 0 aliphatic carbocycles. The number of carbonyl (C=O) groups excluding carboxylic acids is 1. The standard InChI is InChI=1S/C38H66NO7P/c1-6-8-10-11-12-13-14-15-16-17-18-19-20-21-22-23-24-25-26-27-28-30-33-43-35-37(46-38(40)31-29-9-7-2)36-45-47(41,42)44-34-32-39(3,4)5/h8,10,12-13,15-16,18-19,21-22,24-25,37H,6-7,9,11,14,17,20,23,26-36H2,1-5H3/b10-8-,13-12-,16-15-,19-18-,22-21-,25-24-. The Labute approximate surface area is 287 Å². The molecule has 2 atom stereocenters. The minimum absolute atomic E-state index is 0.0147. The van der Waals surface area contributed by atoms with Gasteiger partial charge in [0, 0.05) is 13.0 Å². The molecular weight excluding hydrogens is 613 g/mol. The van der Waals surface area contributed by atoms with E-state index in [1.807, 2.05) is 21.1 Å². The third-order valence-corrected chi connectivity index (χ3v) is 7.74. The van der Waals surface area contributed by atoms with Gasteiger partial charge in [0.1, 0.15) is 19.3 Å². The van der Waals surface area contributed by atoms with Crippen molar-refractivity contribution in [3.8, 4) is 0 Å². The fourth-order valence-corrected chi connectivity index (χ4v) is 4.74. The largest absolute Gasteiger partial charge is 0.756 e. The fraction of sp³-hybridized carbons (Fsp3) is 0.658. The third kappa shape index (κ3) is 35.1. The third-order valence-electron chi connectivity index (χ3n) is 6.77. The lowest BCUT2D eigenvalue weighted by atomic mass is 10.2. The number of ether oxygens (including phenoxy) is 2. The number of unbranched alkanes of at least 4 members (excludes halogenated alkanes) is 5. The quantitative estimate of drug-likeness (QED) is 0.0237. The van der Waals surface area contributed by atoms with Crippen molar-refractivity contribution in [1.29, 1.82) is 0 Å². The summed E-state index contributed by atoms with van der Waals surface area (Å²) >= 11 is 0. The average molecular weight is 680 g/mol. The number of nitrogens with zero attached hydrogens (tertiary/aromatic N) is 1. The Hall–Kier alpha value is -2.06. The topological polar surface area (TPSA) is 94.1 Å². The summed E-state index contributed by atoms with van der Waals surface area (Å²) in [6, 6.07) is 0. The zero-order valence-corrected chi connectivity index (χ0v) is 31.1. The van der Waals surface area contributed by atoms with Crippen molar-refractivity contribution in [2.24, 2.45) is 0 Å². The van der Waals surface area contributed by atoms with Crippen molar-refractivity contribution in [2.45, 2.75) is 110 Å². The van der Waals surface area contributed by atoms with E-state index in [4.69, 9.17) is 18.5 Å². The molecule has 0 saturated heterocycles. The average Bonchev–Trinajstić information content (AvgIpc) is 3.01. The van der Waals surface area contributed by atoms with Crippen LogP contribution >= 0.6 is 7.82 Å². The minimum Gasteiger partial charge on any atom is -0.756 e. The number of hydrogen-bond donors (Lipinski definition) is 0. The van der Waals surface area contributed by atoms with Gasteiger partial charge in [-0.1, -0.05) is 106 Å².